The smallest absolute Gasteiger partial charge is 0.361 e. The molecule has 22 heavy (non-hydrogen) atoms. The third-order valence-electron chi connectivity index (χ3n) is 4.12. The molecule has 1 aromatic carbocycles. The Hall–Kier alpha value is -1.59. The van der Waals surface area contributed by atoms with E-state index in [2.05, 4.69) is 10.1 Å². The zero-order valence-corrected chi connectivity index (χ0v) is 13.9. The maximum atomic E-state index is 11.2. The third kappa shape index (κ3) is 3.99. The minimum Gasteiger partial charge on any atom is -0.387 e. The number of benzene rings is 1. The van der Waals surface area contributed by atoms with Crippen LogP contribution in [0, 0.1) is 5.41 Å². The number of H-pyrrole nitrogens is 1. The summed E-state index contributed by atoms with van der Waals surface area (Å²) < 4.78 is 1.54. The molecule has 0 saturated carbocycles. The number of hydrogen-bond donors (Lipinski definition) is 2. The number of aromatic amines is 1. The number of aryl methyl sites for hydroxylation is 1. The summed E-state index contributed by atoms with van der Waals surface area (Å²) in [4.78, 5) is 14.8. The average Bonchev–Trinajstić information content (AvgIpc) is 2.82. The van der Waals surface area contributed by atoms with Gasteiger partial charge in [-0.25, -0.2) is 9.89 Å². The van der Waals surface area contributed by atoms with Crippen molar-refractivity contribution in [2.45, 2.75) is 45.8 Å². The first-order chi connectivity index (χ1) is 10.2. The van der Waals surface area contributed by atoms with Crippen LogP contribution in [0.2, 0.25) is 5.02 Å². The molecule has 0 aliphatic rings. The average molecular weight is 324 g/mol. The molecule has 0 radical (unpaired) electrons. The number of halogens is 1. The second kappa shape index (κ2) is 6.26. The number of aromatic nitrogens is 3. The highest BCUT2D eigenvalue weighted by Gasteiger charge is 2.40. The lowest BCUT2D eigenvalue weighted by molar-refractivity contribution is -0.0796. The number of nitrogens with zero attached hydrogens (tertiary/aromatic N) is 2. The molecule has 2 aromatic rings. The van der Waals surface area contributed by atoms with Crippen molar-refractivity contribution in [2.75, 3.05) is 0 Å². The second-order valence-corrected chi connectivity index (χ2v) is 7.13. The summed E-state index contributed by atoms with van der Waals surface area (Å²) in [6.07, 6.45) is 2.71. The molecule has 0 aliphatic heterocycles. The Balaban J connectivity index is 2.15. The Morgan fingerprint density at radius 3 is 2.41 bits per heavy atom. The van der Waals surface area contributed by atoms with Crippen molar-refractivity contribution in [3.05, 3.63) is 51.7 Å². The molecule has 6 heteroatoms. The molecule has 0 aliphatic carbocycles. The van der Waals surface area contributed by atoms with Crippen LogP contribution in [-0.4, -0.2) is 25.5 Å². The summed E-state index contributed by atoms with van der Waals surface area (Å²) in [6.45, 7) is 6.26. The van der Waals surface area contributed by atoms with Crippen molar-refractivity contribution < 1.29 is 5.11 Å². The van der Waals surface area contributed by atoms with Crippen molar-refractivity contribution in [3.8, 4) is 0 Å². The molecule has 120 valence electrons. The quantitative estimate of drug-likeness (QED) is 0.888. The highest BCUT2D eigenvalue weighted by molar-refractivity contribution is 6.30. The van der Waals surface area contributed by atoms with Gasteiger partial charge in [0.1, 0.15) is 6.33 Å². The van der Waals surface area contributed by atoms with Gasteiger partial charge in [-0.3, -0.25) is 4.68 Å². The molecule has 1 heterocycles. The van der Waals surface area contributed by atoms with Gasteiger partial charge in [0.25, 0.3) is 0 Å². The lowest BCUT2D eigenvalue weighted by atomic mass is 9.73. The molecule has 0 bridgehead atoms. The van der Waals surface area contributed by atoms with Crippen LogP contribution in [-0.2, 0) is 13.0 Å². The van der Waals surface area contributed by atoms with E-state index < -0.39 is 11.3 Å². The van der Waals surface area contributed by atoms with Gasteiger partial charge in [0.05, 0.1) is 12.1 Å². The van der Waals surface area contributed by atoms with Crippen LogP contribution < -0.4 is 5.69 Å². The van der Waals surface area contributed by atoms with E-state index in [1.807, 2.05) is 45.0 Å². The van der Waals surface area contributed by atoms with E-state index in [0.717, 1.165) is 12.0 Å². The highest BCUT2D eigenvalue weighted by atomic mass is 35.5. The first-order valence-electron chi connectivity index (χ1n) is 7.28. The molecular formula is C16H22ClN3O2. The van der Waals surface area contributed by atoms with Crippen molar-refractivity contribution in [1.29, 1.82) is 0 Å². The van der Waals surface area contributed by atoms with Crippen molar-refractivity contribution in [1.82, 2.24) is 14.8 Å². The van der Waals surface area contributed by atoms with Crippen molar-refractivity contribution in [2.24, 2.45) is 5.41 Å². The summed E-state index contributed by atoms with van der Waals surface area (Å²) >= 11 is 5.89. The van der Waals surface area contributed by atoms with Crippen LogP contribution in [0.15, 0.2) is 35.4 Å². The zero-order chi connectivity index (χ0) is 16.4. The van der Waals surface area contributed by atoms with Crippen LogP contribution in [0.1, 0.15) is 32.8 Å². The van der Waals surface area contributed by atoms with Crippen LogP contribution in [0.5, 0.6) is 0 Å². The Labute approximate surface area is 134 Å². The van der Waals surface area contributed by atoms with Gasteiger partial charge in [-0.2, -0.15) is 4.98 Å². The Morgan fingerprint density at radius 1 is 1.27 bits per heavy atom. The monoisotopic (exact) mass is 323 g/mol. The van der Waals surface area contributed by atoms with Gasteiger partial charge < -0.3 is 5.11 Å². The highest BCUT2D eigenvalue weighted by Crippen LogP contribution is 2.35. The molecule has 2 N–H and O–H groups in total. The molecule has 1 atom stereocenters. The minimum atomic E-state index is -0.976. The molecule has 0 fully saturated rings. The number of hydrogen-bond acceptors (Lipinski definition) is 3. The maximum absolute atomic E-state index is 11.2. The zero-order valence-electron chi connectivity index (χ0n) is 13.1. The third-order valence-corrected chi connectivity index (χ3v) is 4.37. The fourth-order valence-corrected chi connectivity index (χ4v) is 2.48. The van der Waals surface area contributed by atoms with E-state index in [1.54, 1.807) is 0 Å². The Morgan fingerprint density at radius 2 is 1.91 bits per heavy atom. The predicted molar refractivity (Wildman–Crippen MR) is 87.0 cm³/mol. The largest absolute Gasteiger partial charge is 0.387 e. The molecular weight excluding hydrogens is 302 g/mol. The predicted octanol–water partition coefficient (Wildman–Crippen LogP) is 2.63. The Bertz CT molecular complexity index is 670. The SMILES string of the molecule is CC(C)(C)C(O)(CCc1ccc(Cl)cc1)Cn1cnc(=O)[nH]1. The van der Waals surface area contributed by atoms with Gasteiger partial charge in [0, 0.05) is 5.02 Å². The van der Waals surface area contributed by atoms with Gasteiger partial charge in [0.15, 0.2) is 0 Å². The van der Waals surface area contributed by atoms with Crippen LogP contribution in [0.4, 0.5) is 0 Å². The summed E-state index contributed by atoms with van der Waals surface area (Å²) in [7, 11) is 0. The normalized spacial score (nSPS) is 14.8. The van der Waals surface area contributed by atoms with E-state index in [0.29, 0.717) is 18.0 Å². The molecule has 1 aromatic heterocycles. The lowest BCUT2D eigenvalue weighted by Crippen LogP contribution is -2.47. The van der Waals surface area contributed by atoms with E-state index in [-0.39, 0.29) is 5.41 Å². The first-order valence-corrected chi connectivity index (χ1v) is 7.66. The van der Waals surface area contributed by atoms with Gasteiger partial charge >= 0.3 is 5.69 Å². The van der Waals surface area contributed by atoms with Crippen LogP contribution in [0.25, 0.3) is 0 Å². The van der Waals surface area contributed by atoms with E-state index in [1.165, 1.54) is 11.0 Å². The minimum absolute atomic E-state index is 0.291. The van der Waals surface area contributed by atoms with E-state index in [9.17, 15) is 9.90 Å². The molecule has 1 unspecified atom stereocenters. The number of rotatable bonds is 5. The van der Waals surface area contributed by atoms with E-state index >= 15 is 0 Å². The van der Waals surface area contributed by atoms with Gasteiger partial charge in [-0.15, -0.1) is 0 Å². The topological polar surface area (TPSA) is 70.9 Å². The van der Waals surface area contributed by atoms with E-state index in [4.69, 9.17) is 11.6 Å². The molecule has 2 rings (SSSR count). The van der Waals surface area contributed by atoms with Crippen LogP contribution >= 0.6 is 11.6 Å². The fourth-order valence-electron chi connectivity index (χ4n) is 2.36. The van der Waals surface area contributed by atoms with Gasteiger partial charge in [-0.05, 0) is 36.0 Å². The summed E-state index contributed by atoms with van der Waals surface area (Å²) in [5.74, 6) is 0. The van der Waals surface area contributed by atoms with Gasteiger partial charge in [-0.1, -0.05) is 44.5 Å². The second-order valence-electron chi connectivity index (χ2n) is 6.70. The lowest BCUT2D eigenvalue weighted by Gasteiger charge is -2.40. The standard InChI is InChI=1S/C16H22ClN3O2/c1-15(2,3)16(22,10-20-11-18-14(21)19-20)9-8-12-4-6-13(17)7-5-12/h4-7,11,22H,8-10H2,1-3H3,(H,19,21). The Kier molecular flexibility index (Phi) is 4.78. The summed E-state index contributed by atoms with van der Waals surface area (Å²) in [5.41, 5.74) is -0.614. The van der Waals surface area contributed by atoms with Crippen molar-refractivity contribution in [3.63, 3.8) is 0 Å². The summed E-state index contributed by atoms with van der Waals surface area (Å²) in [5, 5.41) is 14.4. The molecule has 0 saturated heterocycles. The molecule has 0 spiro atoms. The van der Waals surface area contributed by atoms with Crippen LogP contribution in [0.3, 0.4) is 0 Å². The molecule has 0 amide bonds. The number of nitrogens with one attached hydrogen (secondary N) is 1. The van der Waals surface area contributed by atoms with Crippen molar-refractivity contribution >= 4 is 11.6 Å². The summed E-state index contributed by atoms with van der Waals surface area (Å²) in [6, 6.07) is 7.62. The maximum Gasteiger partial charge on any atom is 0.361 e. The molecule has 5 nitrogen and oxygen atoms in total. The number of aliphatic hydroxyl groups is 1. The van der Waals surface area contributed by atoms with Gasteiger partial charge in [0.2, 0.25) is 0 Å². The fraction of sp³-hybridized carbons (Fsp3) is 0.500. The first kappa shape index (κ1) is 16.8.